The van der Waals surface area contributed by atoms with E-state index < -0.39 is 0 Å². The SMILES string of the molecule is CCOC(=O)c1nc(-c2cc(-c3cccc(Br)c3)[nH]c2CC2CC2)sc1I. The Morgan fingerprint density at radius 3 is 2.93 bits per heavy atom. The predicted octanol–water partition coefficient (Wildman–Crippen LogP) is 6.30. The molecule has 1 N–H and O–H groups in total. The molecule has 0 saturated heterocycles. The van der Waals surface area contributed by atoms with E-state index in [2.05, 4.69) is 66.7 Å². The van der Waals surface area contributed by atoms with Gasteiger partial charge in [0.1, 0.15) is 7.89 Å². The minimum Gasteiger partial charge on any atom is -0.461 e. The summed E-state index contributed by atoms with van der Waals surface area (Å²) in [4.78, 5) is 20.4. The number of aromatic nitrogens is 2. The summed E-state index contributed by atoms with van der Waals surface area (Å²) in [5.74, 6) is 0.400. The third-order valence-corrected chi connectivity index (χ3v) is 7.05. The van der Waals surface area contributed by atoms with Gasteiger partial charge in [-0.25, -0.2) is 9.78 Å². The molecule has 1 fully saturated rings. The van der Waals surface area contributed by atoms with Crippen LogP contribution in [0.2, 0.25) is 0 Å². The zero-order valence-electron chi connectivity index (χ0n) is 14.7. The topological polar surface area (TPSA) is 55.0 Å². The Bertz CT molecular complexity index is 994. The highest BCUT2D eigenvalue weighted by molar-refractivity contribution is 14.1. The van der Waals surface area contributed by atoms with Crippen LogP contribution in [0.3, 0.4) is 0 Å². The van der Waals surface area contributed by atoms with Crippen molar-refractivity contribution in [3.05, 3.63) is 49.1 Å². The first-order chi connectivity index (χ1) is 13.0. The lowest BCUT2D eigenvalue weighted by Crippen LogP contribution is -2.06. The van der Waals surface area contributed by atoms with Gasteiger partial charge < -0.3 is 9.72 Å². The number of H-pyrrole nitrogens is 1. The van der Waals surface area contributed by atoms with E-state index >= 15 is 0 Å². The van der Waals surface area contributed by atoms with Crippen molar-refractivity contribution in [3.63, 3.8) is 0 Å². The normalized spacial score (nSPS) is 13.7. The molecule has 27 heavy (non-hydrogen) atoms. The van der Waals surface area contributed by atoms with Crippen LogP contribution in [0.25, 0.3) is 21.8 Å². The Morgan fingerprint density at radius 2 is 2.22 bits per heavy atom. The first kappa shape index (κ1) is 19.1. The van der Waals surface area contributed by atoms with Crippen LogP contribution in [0.4, 0.5) is 0 Å². The molecule has 0 bridgehead atoms. The molecular formula is C20H18BrIN2O2S. The van der Waals surface area contributed by atoms with Crippen molar-refractivity contribution >= 4 is 55.8 Å². The third-order valence-electron chi connectivity index (χ3n) is 4.51. The molecule has 0 aliphatic heterocycles. The number of esters is 1. The molecule has 0 amide bonds. The minimum absolute atomic E-state index is 0.351. The number of hydrogen-bond donors (Lipinski definition) is 1. The fraction of sp³-hybridized carbons (Fsp3) is 0.300. The smallest absolute Gasteiger partial charge is 0.358 e. The molecule has 0 spiro atoms. The lowest BCUT2D eigenvalue weighted by Gasteiger charge is -2.00. The lowest BCUT2D eigenvalue weighted by atomic mass is 10.1. The number of benzene rings is 1. The van der Waals surface area contributed by atoms with Crippen LogP contribution in [0.5, 0.6) is 0 Å². The van der Waals surface area contributed by atoms with Crippen molar-refractivity contribution in [2.45, 2.75) is 26.2 Å². The van der Waals surface area contributed by atoms with Crippen LogP contribution in [0, 0.1) is 8.80 Å². The fourth-order valence-corrected chi connectivity index (χ4v) is 5.20. The number of thiazole rings is 1. The van der Waals surface area contributed by atoms with Gasteiger partial charge in [0.15, 0.2) is 5.69 Å². The fourth-order valence-electron chi connectivity index (χ4n) is 3.01. The van der Waals surface area contributed by atoms with Crippen LogP contribution in [-0.2, 0) is 11.2 Å². The Morgan fingerprint density at radius 1 is 1.41 bits per heavy atom. The standard InChI is InChI=1S/C20H18BrIN2O2S/c1-2-26-20(25)17-18(22)27-19(24-17)14-10-15(12-4-3-5-13(21)9-12)23-16(14)8-11-6-7-11/h3-5,9-11,23H,2,6-8H2,1H3. The summed E-state index contributed by atoms with van der Waals surface area (Å²) < 4.78 is 7.05. The first-order valence-electron chi connectivity index (χ1n) is 8.86. The Labute approximate surface area is 184 Å². The van der Waals surface area contributed by atoms with Crippen molar-refractivity contribution in [2.24, 2.45) is 5.92 Å². The molecule has 1 aromatic carbocycles. The molecule has 0 unspecified atom stereocenters. The molecule has 0 radical (unpaired) electrons. The molecular weight excluding hydrogens is 539 g/mol. The number of halogens is 2. The van der Waals surface area contributed by atoms with Gasteiger partial charge >= 0.3 is 5.97 Å². The molecule has 0 atom stereocenters. The molecule has 1 aliphatic carbocycles. The molecule has 7 heteroatoms. The van der Waals surface area contributed by atoms with Crippen molar-refractivity contribution in [1.29, 1.82) is 0 Å². The maximum atomic E-state index is 12.2. The summed E-state index contributed by atoms with van der Waals surface area (Å²) >= 11 is 7.26. The number of hydrogen-bond acceptors (Lipinski definition) is 4. The highest BCUT2D eigenvalue weighted by Gasteiger charge is 2.26. The van der Waals surface area contributed by atoms with E-state index in [-0.39, 0.29) is 5.97 Å². The van der Waals surface area contributed by atoms with E-state index in [1.54, 1.807) is 11.3 Å². The van der Waals surface area contributed by atoms with E-state index in [0.717, 1.165) is 41.5 Å². The van der Waals surface area contributed by atoms with Crippen LogP contribution < -0.4 is 0 Å². The van der Waals surface area contributed by atoms with Crippen LogP contribution >= 0.6 is 49.9 Å². The van der Waals surface area contributed by atoms with Gasteiger partial charge in [-0.1, -0.05) is 28.1 Å². The first-order valence-corrected chi connectivity index (χ1v) is 11.6. The van der Waals surface area contributed by atoms with Gasteiger partial charge in [-0.3, -0.25) is 0 Å². The van der Waals surface area contributed by atoms with Gasteiger partial charge in [-0.2, -0.15) is 0 Å². The van der Waals surface area contributed by atoms with E-state index in [9.17, 15) is 4.79 Å². The minimum atomic E-state index is -0.351. The number of carbonyl (C=O) groups excluding carboxylic acids is 1. The summed E-state index contributed by atoms with van der Waals surface area (Å²) in [7, 11) is 0. The largest absolute Gasteiger partial charge is 0.461 e. The molecule has 140 valence electrons. The molecule has 2 heterocycles. The zero-order valence-corrected chi connectivity index (χ0v) is 19.3. The van der Waals surface area contributed by atoms with Crippen LogP contribution in [0.15, 0.2) is 34.8 Å². The lowest BCUT2D eigenvalue weighted by molar-refractivity contribution is 0.0519. The molecule has 1 saturated carbocycles. The summed E-state index contributed by atoms with van der Waals surface area (Å²) in [6, 6.07) is 10.4. The number of carbonyl (C=O) groups is 1. The summed E-state index contributed by atoms with van der Waals surface area (Å²) in [6.45, 7) is 2.16. The molecule has 1 aliphatic rings. The zero-order chi connectivity index (χ0) is 19.0. The van der Waals surface area contributed by atoms with E-state index in [1.165, 1.54) is 18.5 Å². The monoisotopic (exact) mass is 556 g/mol. The second-order valence-corrected chi connectivity index (χ2v) is 10.3. The van der Waals surface area contributed by atoms with E-state index in [0.29, 0.717) is 12.3 Å². The van der Waals surface area contributed by atoms with Crippen molar-refractivity contribution < 1.29 is 9.53 Å². The van der Waals surface area contributed by atoms with Gasteiger partial charge in [-0.15, -0.1) is 11.3 Å². The number of ether oxygens (including phenoxy) is 1. The van der Waals surface area contributed by atoms with Crippen molar-refractivity contribution in [1.82, 2.24) is 9.97 Å². The molecule has 2 aromatic heterocycles. The number of nitrogens with one attached hydrogen (secondary N) is 1. The molecule has 4 nitrogen and oxygen atoms in total. The Kier molecular flexibility index (Phi) is 5.70. The highest BCUT2D eigenvalue weighted by atomic mass is 127. The number of nitrogens with zero attached hydrogens (tertiary/aromatic N) is 1. The van der Waals surface area contributed by atoms with Crippen molar-refractivity contribution in [2.75, 3.05) is 6.61 Å². The van der Waals surface area contributed by atoms with Crippen LogP contribution in [0.1, 0.15) is 35.9 Å². The average Bonchev–Trinajstić information content (AvgIpc) is 3.21. The summed E-state index contributed by atoms with van der Waals surface area (Å²) in [6.07, 6.45) is 3.59. The maximum Gasteiger partial charge on any atom is 0.358 e. The average molecular weight is 557 g/mol. The Balaban J connectivity index is 1.75. The van der Waals surface area contributed by atoms with E-state index in [1.807, 2.05) is 19.1 Å². The Hall–Kier alpha value is -1.19. The predicted molar refractivity (Wildman–Crippen MR) is 120 cm³/mol. The molecule has 3 aromatic rings. The number of aromatic amines is 1. The summed E-state index contributed by atoms with van der Waals surface area (Å²) in [5, 5.41) is 0.871. The second-order valence-electron chi connectivity index (χ2n) is 6.59. The summed E-state index contributed by atoms with van der Waals surface area (Å²) in [5.41, 5.74) is 4.91. The van der Waals surface area contributed by atoms with E-state index in [4.69, 9.17) is 4.74 Å². The van der Waals surface area contributed by atoms with Gasteiger partial charge in [-0.05, 0) is 78.5 Å². The van der Waals surface area contributed by atoms with Crippen molar-refractivity contribution in [3.8, 4) is 21.8 Å². The second kappa shape index (κ2) is 8.05. The highest BCUT2D eigenvalue weighted by Crippen LogP contribution is 2.39. The van der Waals surface area contributed by atoms with Crippen LogP contribution in [-0.4, -0.2) is 22.5 Å². The molecule has 4 rings (SSSR count). The van der Waals surface area contributed by atoms with Gasteiger partial charge in [0.2, 0.25) is 0 Å². The number of rotatable bonds is 6. The third kappa shape index (κ3) is 4.30. The van der Waals surface area contributed by atoms with Gasteiger partial charge in [0, 0.05) is 21.4 Å². The van der Waals surface area contributed by atoms with Gasteiger partial charge in [0.05, 0.1) is 6.61 Å². The quantitative estimate of drug-likeness (QED) is 0.286. The maximum absolute atomic E-state index is 12.2. The van der Waals surface area contributed by atoms with Gasteiger partial charge in [0.25, 0.3) is 0 Å².